The number of para-hydroxylation sites is 1. The van der Waals surface area contributed by atoms with Crippen LogP contribution in [0.4, 0.5) is 0 Å². The fourth-order valence-electron chi connectivity index (χ4n) is 4.65. The van der Waals surface area contributed by atoms with Crippen molar-refractivity contribution < 1.29 is 33.6 Å². The van der Waals surface area contributed by atoms with Crippen molar-refractivity contribution in [3.63, 3.8) is 0 Å². The van der Waals surface area contributed by atoms with E-state index in [9.17, 15) is 14.7 Å². The van der Waals surface area contributed by atoms with Crippen LogP contribution >= 0.6 is 0 Å². The Morgan fingerprint density at radius 1 is 1.08 bits per heavy atom. The molecule has 0 saturated carbocycles. The Hall–Kier alpha value is -3.82. The average molecular weight is 509 g/mol. The number of methoxy groups -OCH3 is 2. The quantitative estimate of drug-likeness (QED) is 0.226. The average Bonchev–Trinajstić information content (AvgIpc) is 3.19. The van der Waals surface area contributed by atoms with Gasteiger partial charge in [-0.2, -0.15) is 0 Å². The molecule has 0 aromatic heterocycles. The lowest BCUT2D eigenvalue weighted by atomic mass is 9.94. The molecule has 0 aliphatic carbocycles. The maximum absolute atomic E-state index is 13.4. The summed E-state index contributed by atoms with van der Waals surface area (Å²) < 4.78 is 22.1. The molecule has 1 amide bonds. The lowest BCUT2D eigenvalue weighted by Gasteiger charge is -2.31. The van der Waals surface area contributed by atoms with Crippen LogP contribution in [0.15, 0.2) is 60.7 Å². The number of carbonyl (C=O) groups is 2. The number of hydrogen-bond donors (Lipinski definition) is 1. The molecule has 0 spiro atoms. The third-order valence-corrected chi connectivity index (χ3v) is 6.52. The molecular weight excluding hydrogens is 476 g/mol. The highest BCUT2D eigenvalue weighted by Gasteiger charge is 2.47. The predicted octanol–water partition coefficient (Wildman–Crippen LogP) is 3.02. The smallest absolute Gasteiger partial charge is 0.295 e. The Kier molecular flexibility index (Phi) is 8.47. The molecule has 9 nitrogen and oxygen atoms in total. The third kappa shape index (κ3) is 5.47. The van der Waals surface area contributed by atoms with Crippen molar-refractivity contribution >= 4 is 17.4 Å². The van der Waals surface area contributed by atoms with Gasteiger partial charge in [-0.3, -0.25) is 14.5 Å². The van der Waals surface area contributed by atoms with Crippen molar-refractivity contribution in [1.29, 1.82) is 0 Å². The van der Waals surface area contributed by atoms with Crippen LogP contribution < -0.4 is 14.2 Å². The molecule has 0 unspecified atom stereocenters. The second kappa shape index (κ2) is 11.9. The summed E-state index contributed by atoms with van der Waals surface area (Å²) in [6.45, 7) is 7.57. The van der Waals surface area contributed by atoms with Crippen molar-refractivity contribution in [3.05, 3.63) is 71.8 Å². The molecule has 2 aliphatic heterocycles. The van der Waals surface area contributed by atoms with Crippen LogP contribution in [0.25, 0.3) is 5.76 Å². The summed E-state index contributed by atoms with van der Waals surface area (Å²) in [5.74, 6) is -0.238. The van der Waals surface area contributed by atoms with E-state index in [1.165, 1.54) is 19.1 Å². The Bertz CT molecular complexity index is 1170. The molecule has 2 saturated heterocycles. The molecule has 1 atom stereocenters. The van der Waals surface area contributed by atoms with Gasteiger partial charge in [0.1, 0.15) is 18.1 Å². The second-order valence-corrected chi connectivity index (χ2v) is 8.65. The first-order chi connectivity index (χ1) is 18.0. The highest BCUT2D eigenvalue weighted by molar-refractivity contribution is 6.46. The Balaban J connectivity index is 1.77. The molecule has 196 valence electrons. The monoisotopic (exact) mass is 508 g/mol. The van der Waals surface area contributed by atoms with Crippen LogP contribution in [-0.2, 0) is 14.3 Å². The first-order valence-electron chi connectivity index (χ1n) is 12.1. The Morgan fingerprint density at radius 3 is 2.46 bits per heavy atom. The van der Waals surface area contributed by atoms with E-state index in [4.69, 9.17) is 18.9 Å². The predicted molar refractivity (Wildman–Crippen MR) is 138 cm³/mol. The largest absolute Gasteiger partial charge is 0.507 e. The van der Waals surface area contributed by atoms with Gasteiger partial charge in [0.25, 0.3) is 11.7 Å². The fourth-order valence-corrected chi connectivity index (χ4v) is 4.65. The van der Waals surface area contributed by atoms with Gasteiger partial charge < -0.3 is 29.0 Å². The van der Waals surface area contributed by atoms with Gasteiger partial charge >= 0.3 is 0 Å². The van der Waals surface area contributed by atoms with Crippen molar-refractivity contribution in [3.8, 4) is 17.2 Å². The third-order valence-electron chi connectivity index (χ3n) is 6.52. The second-order valence-electron chi connectivity index (χ2n) is 8.65. The Labute approximate surface area is 216 Å². The highest BCUT2D eigenvalue weighted by atomic mass is 16.5. The van der Waals surface area contributed by atoms with Crippen LogP contribution in [0.2, 0.25) is 0 Å². The highest BCUT2D eigenvalue weighted by Crippen LogP contribution is 2.45. The van der Waals surface area contributed by atoms with Crippen molar-refractivity contribution in [2.75, 3.05) is 60.2 Å². The molecule has 2 aliphatic rings. The molecular formula is C28H32N2O7. The molecule has 1 N–H and O–H groups in total. The van der Waals surface area contributed by atoms with E-state index < -0.39 is 17.7 Å². The number of likely N-dealkylation sites (tertiary alicyclic amines) is 1. The number of nitrogens with zero attached hydrogens (tertiary/aromatic N) is 2. The van der Waals surface area contributed by atoms with Crippen LogP contribution in [0, 0.1) is 0 Å². The zero-order chi connectivity index (χ0) is 26.4. The standard InChI is InChI=1S/C28H32N2O7/c1-4-16-37-20-10-8-19(9-11-20)25(31)23-24(21-6-5-7-22(34-2)27(21)35-3)30(28(33)26(23)32)13-12-29-14-17-36-18-15-29/h4-11,24,31H,1,12-18H2,2-3H3/b25-23+/t24-/m1/s1. The first-order valence-corrected chi connectivity index (χ1v) is 12.1. The summed E-state index contributed by atoms with van der Waals surface area (Å²) in [6, 6.07) is 11.1. The molecule has 2 fully saturated rings. The van der Waals surface area contributed by atoms with Gasteiger partial charge in [-0.1, -0.05) is 24.8 Å². The van der Waals surface area contributed by atoms with Crippen molar-refractivity contribution in [1.82, 2.24) is 9.80 Å². The fraction of sp³-hybridized carbons (Fsp3) is 0.357. The topological polar surface area (TPSA) is 97.8 Å². The zero-order valence-electron chi connectivity index (χ0n) is 21.1. The molecule has 2 aromatic carbocycles. The molecule has 0 radical (unpaired) electrons. The lowest BCUT2D eigenvalue weighted by molar-refractivity contribution is -0.140. The van der Waals surface area contributed by atoms with E-state index in [2.05, 4.69) is 11.5 Å². The van der Waals surface area contributed by atoms with E-state index >= 15 is 0 Å². The molecule has 9 heteroatoms. The maximum Gasteiger partial charge on any atom is 0.295 e. The van der Waals surface area contributed by atoms with E-state index in [0.29, 0.717) is 61.3 Å². The number of ether oxygens (including phenoxy) is 4. The minimum atomic E-state index is -0.859. The normalized spacial score (nSPS) is 19.6. The van der Waals surface area contributed by atoms with E-state index in [1.54, 1.807) is 48.5 Å². The number of aliphatic hydroxyl groups is 1. The van der Waals surface area contributed by atoms with Crippen molar-refractivity contribution in [2.45, 2.75) is 6.04 Å². The summed E-state index contributed by atoms with van der Waals surface area (Å²) in [4.78, 5) is 30.4. The molecule has 2 aromatic rings. The van der Waals surface area contributed by atoms with Gasteiger partial charge in [0.15, 0.2) is 11.5 Å². The van der Waals surface area contributed by atoms with Gasteiger partial charge in [-0.15, -0.1) is 0 Å². The number of carbonyl (C=O) groups excluding carboxylic acids is 2. The number of amides is 1. The Morgan fingerprint density at radius 2 is 1.81 bits per heavy atom. The summed E-state index contributed by atoms with van der Waals surface area (Å²) in [7, 11) is 3.02. The number of morpholine rings is 1. The summed E-state index contributed by atoms with van der Waals surface area (Å²) in [6.07, 6.45) is 1.63. The van der Waals surface area contributed by atoms with Gasteiger partial charge in [-0.25, -0.2) is 0 Å². The van der Waals surface area contributed by atoms with Gasteiger partial charge in [-0.05, 0) is 30.3 Å². The molecule has 37 heavy (non-hydrogen) atoms. The zero-order valence-corrected chi connectivity index (χ0v) is 21.1. The van der Waals surface area contributed by atoms with Crippen molar-refractivity contribution in [2.24, 2.45) is 0 Å². The minimum absolute atomic E-state index is 0.00158. The number of ketones is 1. The van der Waals surface area contributed by atoms with Gasteiger partial charge in [0.2, 0.25) is 0 Å². The van der Waals surface area contributed by atoms with Gasteiger partial charge in [0, 0.05) is 37.3 Å². The number of aliphatic hydroxyl groups excluding tert-OH is 1. The number of Topliss-reactive ketones (excluding diaryl/α,β-unsaturated/α-hetero) is 1. The minimum Gasteiger partial charge on any atom is -0.507 e. The van der Waals surface area contributed by atoms with Crippen LogP contribution in [0.5, 0.6) is 17.2 Å². The van der Waals surface area contributed by atoms with E-state index in [0.717, 1.165) is 13.1 Å². The number of benzene rings is 2. The maximum atomic E-state index is 13.4. The van der Waals surface area contributed by atoms with E-state index in [-0.39, 0.29) is 11.3 Å². The number of rotatable bonds is 10. The summed E-state index contributed by atoms with van der Waals surface area (Å²) >= 11 is 0. The van der Waals surface area contributed by atoms with Crippen LogP contribution in [-0.4, -0.2) is 86.8 Å². The van der Waals surface area contributed by atoms with Crippen LogP contribution in [0.1, 0.15) is 17.2 Å². The summed E-state index contributed by atoms with van der Waals surface area (Å²) in [5.41, 5.74) is 0.942. The number of hydrogen-bond acceptors (Lipinski definition) is 8. The van der Waals surface area contributed by atoms with E-state index in [1.807, 2.05) is 0 Å². The SMILES string of the molecule is C=CCOc1ccc(/C(O)=C2\C(=O)C(=O)N(CCN3CCOCC3)[C@@H]2c2cccc(OC)c2OC)cc1. The molecule has 4 rings (SSSR count). The van der Waals surface area contributed by atoms with Gasteiger partial charge in [0.05, 0.1) is 39.0 Å². The van der Waals surface area contributed by atoms with Crippen LogP contribution in [0.3, 0.4) is 0 Å². The first kappa shape index (κ1) is 26.2. The molecule has 2 heterocycles. The molecule has 0 bridgehead atoms. The summed E-state index contributed by atoms with van der Waals surface area (Å²) in [5, 5.41) is 11.4. The lowest BCUT2D eigenvalue weighted by Crippen LogP contribution is -2.42.